The van der Waals surface area contributed by atoms with E-state index < -0.39 is 34.3 Å². The minimum atomic E-state index is -4.70. The van der Waals surface area contributed by atoms with Crippen LogP contribution in [0.3, 0.4) is 0 Å². The average Bonchev–Trinajstić information content (AvgIpc) is 2.83. The van der Waals surface area contributed by atoms with Crippen molar-refractivity contribution in [2.24, 2.45) is 0 Å². The Labute approximate surface area is 199 Å². The summed E-state index contributed by atoms with van der Waals surface area (Å²) >= 11 is 5.64. The van der Waals surface area contributed by atoms with Gasteiger partial charge in [-0.1, -0.05) is 17.7 Å². The minimum Gasteiger partial charge on any atom is -0.319 e. The summed E-state index contributed by atoms with van der Waals surface area (Å²) in [4.78, 5) is 33.6. The first kappa shape index (κ1) is 23.8. The second-order valence-corrected chi connectivity index (χ2v) is 7.62. The van der Waals surface area contributed by atoms with Crippen molar-refractivity contribution in [3.8, 4) is 6.07 Å². The van der Waals surface area contributed by atoms with Crippen molar-refractivity contribution in [2.45, 2.75) is 6.18 Å². The van der Waals surface area contributed by atoms with Gasteiger partial charge in [-0.05, 0) is 48.5 Å². The topological polar surface area (TPSA) is 95.7 Å². The highest BCUT2D eigenvalue weighted by atomic mass is 35.5. The highest BCUT2D eigenvalue weighted by molar-refractivity contribution is 6.32. The van der Waals surface area contributed by atoms with Crippen LogP contribution in [0.4, 0.5) is 23.2 Å². The quantitative estimate of drug-likeness (QED) is 0.283. The predicted molar refractivity (Wildman–Crippen MR) is 118 cm³/mol. The molecule has 0 aliphatic rings. The Morgan fingerprint density at radius 2 is 1.74 bits per heavy atom. The number of aromatic nitrogens is 2. The zero-order valence-corrected chi connectivity index (χ0v) is 18.1. The molecule has 0 saturated carbocycles. The Bertz CT molecular complexity index is 1550. The number of ketones is 1. The molecule has 35 heavy (non-hydrogen) atoms. The lowest BCUT2D eigenvalue weighted by atomic mass is 10.0. The lowest BCUT2D eigenvalue weighted by Gasteiger charge is -2.12. The Balaban J connectivity index is 1.62. The molecule has 3 aromatic carbocycles. The largest absolute Gasteiger partial charge is 0.417 e. The number of benzene rings is 3. The number of carbonyl (C=O) groups excluding carboxylic acids is 2. The molecule has 6 nitrogen and oxygen atoms in total. The first-order chi connectivity index (χ1) is 16.6. The van der Waals surface area contributed by atoms with Crippen molar-refractivity contribution in [1.29, 1.82) is 5.26 Å². The third kappa shape index (κ3) is 4.81. The number of anilines is 1. The van der Waals surface area contributed by atoms with Gasteiger partial charge in [-0.15, -0.1) is 0 Å². The second-order valence-electron chi connectivity index (χ2n) is 7.21. The van der Waals surface area contributed by atoms with Crippen LogP contribution in [0.2, 0.25) is 5.02 Å². The molecule has 1 aromatic heterocycles. The number of halogens is 5. The molecule has 0 aliphatic carbocycles. The van der Waals surface area contributed by atoms with Crippen LogP contribution < -0.4 is 5.32 Å². The summed E-state index contributed by atoms with van der Waals surface area (Å²) in [6.45, 7) is 0. The van der Waals surface area contributed by atoms with Gasteiger partial charge in [0.15, 0.2) is 17.3 Å². The summed E-state index contributed by atoms with van der Waals surface area (Å²) in [5, 5.41) is 10.5. The molecule has 1 amide bonds. The number of hydrogen-bond acceptors (Lipinski definition) is 5. The molecule has 0 fully saturated rings. The molecular weight excluding hydrogens is 488 g/mol. The van der Waals surface area contributed by atoms with Crippen molar-refractivity contribution in [3.63, 3.8) is 0 Å². The normalized spacial score (nSPS) is 11.2. The van der Waals surface area contributed by atoms with E-state index in [1.165, 1.54) is 42.6 Å². The Morgan fingerprint density at radius 3 is 2.43 bits per heavy atom. The van der Waals surface area contributed by atoms with E-state index in [4.69, 9.17) is 16.9 Å². The van der Waals surface area contributed by atoms with E-state index in [1.807, 2.05) is 6.07 Å². The van der Waals surface area contributed by atoms with E-state index in [0.29, 0.717) is 11.6 Å². The monoisotopic (exact) mass is 498 g/mol. The van der Waals surface area contributed by atoms with E-state index in [0.717, 1.165) is 12.1 Å². The Hall–Kier alpha value is -4.36. The molecule has 4 aromatic rings. The number of nitrogens with one attached hydrogen (secondary N) is 1. The van der Waals surface area contributed by atoms with E-state index in [1.54, 1.807) is 0 Å². The maximum absolute atomic E-state index is 15.1. The Morgan fingerprint density at radius 1 is 1.00 bits per heavy atom. The van der Waals surface area contributed by atoms with Crippen LogP contribution in [0.15, 0.2) is 60.8 Å². The number of hydrogen-bond donors (Lipinski definition) is 1. The van der Waals surface area contributed by atoms with Crippen molar-refractivity contribution >= 4 is 40.0 Å². The van der Waals surface area contributed by atoms with Crippen molar-refractivity contribution in [2.75, 3.05) is 5.32 Å². The van der Waals surface area contributed by atoms with Crippen LogP contribution in [0.5, 0.6) is 0 Å². The lowest BCUT2D eigenvalue weighted by Crippen LogP contribution is -2.15. The number of nitrogens with zero attached hydrogens (tertiary/aromatic N) is 3. The van der Waals surface area contributed by atoms with Gasteiger partial charge >= 0.3 is 6.18 Å². The van der Waals surface area contributed by atoms with Crippen LogP contribution in [-0.4, -0.2) is 21.7 Å². The molecule has 1 heterocycles. The summed E-state index contributed by atoms with van der Waals surface area (Å²) in [6, 6.07) is 12.2. The smallest absolute Gasteiger partial charge is 0.319 e. The van der Waals surface area contributed by atoms with Gasteiger partial charge < -0.3 is 5.32 Å². The maximum atomic E-state index is 15.1. The summed E-state index contributed by atoms with van der Waals surface area (Å²) in [6.07, 6.45) is -3.42. The fraction of sp³-hybridized carbons (Fsp3) is 0.0417. The lowest BCUT2D eigenvalue weighted by molar-refractivity contribution is -0.137. The van der Waals surface area contributed by atoms with Crippen LogP contribution in [0.1, 0.15) is 37.5 Å². The standard InChI is InChI=1S/C24H11ClF4N4O2/c25-17-8-13(4-6-16(17)24(27,28)29)23(35)33-19-3-1-2-15(21(19)26)22(34)12-5-7-18-20(9-12)32-14(10-30)11-31-18/h1-9,11H,(H,33,35). The van der Waals surface area contributed by atoms with Crippen LogP contribution >= 0.6 is 11.6 Å². The van der Waals surface area contributed by atoms with E-state index in [-0.39, 0.29) is 33.6 Å². The molecule has 4 rings (SSSR count). The van der Waals surface area contributed by atoms with E-state index in [2.05, 4.69) is 15.3 Å². The third-order valence-electron chi connectivity index (χ3n) is 4.95. The van der Waals surface area contributed by atoms with Crippen LogP contribution in [-0.2, 0) is 6.18 Å². The van der Waals surface area contributed by atoms with Gasteiger partial charge in [-0.3, -0.25) is 14.6 Å². The van der Waals surface area contributed by atoms with Gasteiger partial charge in [0.25, 0.3) is 5.91 Å². The zero-order chi connectivity index (χ0) is 25.3. The summed E-state index contributed by atoms with van der Waals surface area (Å²) in [7, 11) is 0. The zero-order valence-electron chi connectivity index (χ0n) is 17.3. The van der Waals surface area contributed by atoms with Gasteiger partial charge in [0.1, 0.15) is 6.07 Å². The van der Waals surface area contributed by atoms with Crippen molar-refractivity contribution < 1.29 is 27.2 Å². The third-order valence-corrected chi connectivity index (χ3v) is 5.26. The number of fused-ring (bicyclic) bond motifs is 1. The highest BCUT2D eigenvalue weighted by Crippen LogP contribution is 2.35. The van der Waals surface area contributed by atoms with Crippen LogP contribution in [0.25, 0.3) is 11.0 Å². The Kier molecular flexibility index (Phi) is 6.20. The van der Waals surface area contributed by atoms with Crippen LogP contribution in [0, 0.1) is 17.1 Å². The van der Waals surface area contributed by atoms with Gasteiger partial charge in [-0.2, -0.15) is 18.4 Å². The maximum Gasteiger partial charge on any atom is 0.417 e. The molecule has 0 radical (unpaired) electrons. The SMILES string of the molecule is N#Cc1cnc2ccc(C(=O)c3cccc(NC(=O)c4ccc(C(F)(F)F)c(Cl)c4)c3F)cc2n1. The molecule has 11 heteroatoms. The minimum absolute atomic E-state index is 0.0429. The molecule has 174 valence electrons. The first-order valence-corrected chi connectivity index (χ1v) is 10.1. The highest BCUT2D eigenvalue weighted by Gasteiger charge is 2.33. The summed E-state index contributed by atoms with van der Waals surface area (Å²) in [5.74, 6) is -2.68. The van der Waals surface area contributed by atoms with Gasteiger partial charge in [0.2, 0.25) is 0 Å². The van der Waals surface area contributed by atoms with Crippen molar-refractivity contribution in [3.05, 3.63) is 99.6 Å². The number of alkyl halides is 3. The predicted octanol–water partition coefficient (Wildman–Crippen LogP) is 5.80. The number of amides is 1. The van der Waals surface area contributed by atoms with Gasteiger partial charge in [0, 0.05) is 11.1 Å². The first-order valence-electron chi connectivity index (χ1n) is 9.76. The molecule has 0 unspecified atom stereocenters. The molecule has 0 aliphatic heterocycles. The fourth-order valence-corrected chi connectivity index (χ4v) is 3.53. The number of nitriles is 1. The second kappa shape index (κ2) is 9.12. The molecule has 0 saturated heterocycles. The number of carbonyl (C=O) groups is 2. The molecule has 0 atom stereocenters. The summed E-state index contributed by atoms with van der Waals surface area (Å²) < 4.78 is 53.8. The van der Waals surface area contributed by atoms with Gasteiger partial charge in [-0.25, -0.2) is 9.37 Å². The average molecular weight is 499 g/mol. The molecule has 0 bridgehead atoms. The van der Waals surface area contributed by atoms with E-state index in [9.17, 15) is 22.8 Å². The fourth-order valence-electron chi connectivity index (χ4n) is 3.25. The molecule has 1 N–H and O–H groups in total. The molecule has 0 spiro atoms. The number of rotatable bonds is 4. The van der Waals surface area contributed by atoms with E-state index >= 15 is 4.39 Å². The van der Waals surface area contributed by atoms with Crippen molar-refractivity contribution in [1.82, 2.24) is 9.97 Å². The summed E-state index contributed by atoms with van der Waals surface area (Å²) in [5.41, 5.74) is -1.27. The van der Waals surface area contributed by atoms with Gasteiger partial charge in [0.05, 0.1) is 39.1 Å². The molecular formula is C24H11ClF4N4O2.